The Bertz CT molecular complexity index is 121. The van der Waals surface area contributed by atoms with Crippen LogP contribution in [0.5, 0.6) is 0 Å². The smallest absolute Gasteiger partial charge is 0.0221 e. The van der Waals surface area contributed by atoms with Gasteiger partial charge in [-0.2, -0.15) is 0 Å². The number of hydrogen-bond donors (Lipinski definition) is 1. The molecule has 1 aliphatic rings. The van der Waals surface area contributed by atoms with E-state index in [2.05, 4.69) is 18.7 Å². The SMILES string of the molecule is CCCC(CN)N(CC)C1CC1. The molecule has 0 aliphatic heterocycles. The summed E-state index contributed by atoms with van der Waals surface area (Å²) in [4.78, 5) is 2.59. The topological polar surface area (TPSA) is 29.3 Å². The van der Waals surface area contributed by atoms with Crippen molar-refractivity contribution < 1.29 is 0 Å². The van der Waals surface area contributed by atoms with Crippen molar-refractivity contribution in [2.24, 2.45) is 5.73 Å². The van der Waals surface area contributed by atoms with Gasteiger partial charge >= 0.3 is 0 Å². The summed E-state index contributed by atoms with van der Waals surface area (Å²) in [5.74, 6) is 0. The molecular weight excluding hydrogens is 148 g/mol. The van der Waals surface area contributed by atoms with Gasteiger partial charge in [-0.05, 0) is 25.8 Å². The highest BCUT2D eigenvalue weighted by Gasteiger charge is 2.31. The first-order valence-corrected chi connectivity index (χ1v) is 5.29. The summed E-state index contributed by atoms with van der Waals surface area (Å²) < 4.78 is 0. The highest BCUT2D eigenvalue weighted by molar-refractivity contribution is 4.88. The van der Waals surface area contributed by atoms with Crippen molar-refractivity contribution in [3.8, 4) is 0 Å². The van der Waals surface area contributed by atoms with E-state index >= 15 is 0 Å². The Morgan fingerprint density at radius 1 is 1.42 bits per heavy atom. The minimum atomic E-state index is 0.646. The summed E-state index contributed by atoms with van der Waals surface area (Å²) in [6.45, 7) is 6.49. The normalized spacial score (nSPS) is 20.0. The molecule has 0 amide bonds. The second-order valence-electron chi connectivity index (χ2n) is 3.74. The maximum atomic E-state index is 5.76. The van der Waals surface area contributed by atoms with Crippen molar-refractivity contribution in [2.75, 3.05) is 13.1 Å². The van der Waals surface area contributed by atoms with E-state index in [9.17, 15) is 0 Å². The van der Waals surface area contributed by atoms with Crippen molar-refractivity contribution in [2.45, 2.75) is 51.6 Å². The zero-order valence-corrected chi connectivity index (χ0v) is 8.42. The predicted octanol–water partition coefficient (Wildman–Crippen LogP) is 1.60. The quantitative estimate of drug-likeness (QED) is 0.656. The Morgan fingerprint density at radius 3 is 2.42 bits per heavy atom. The number of nitrogens with two attached hydrogens (primary N) is 1. The van der Waals surface area contributed by atoms with Crippen LogP contribution in [-0.2, 0) is 0 Å². The molecule has 1 unspecified atom stereocenters. The first-order chi connectivity index (χ1) is 5.83. The lowest BCUT2D eigenvalue weighted by atomic mass is 10.1. The average Bonchev–Trinajstić information content (AvgIpc) is 2.88. The number of likely N-dealkylation sites (N-methyl/N-ethyl adjacent to an activating group) is 1. The third-order valence-corrected chi connectivity index (χ3v) is 2.74. The van der Waals surface area contributed by atoms with Crippen LogP contribution >= 0.6 is 0 Å². The standard InChI is InChI=1S/C10H22N2/c1-3-5-10(8-11)12(4-2)9-6-7-9/h9-10H,3-8,11H2,1-2H3. The molecule has 2 N–H and O–H groups in total. The molecule has 2 nitrogen and oxygen atoms in total. The maximum absolute atomic E-state index is 5.76. The molecule has 0 heterocycles. The van der Waals surface area contributed by atoms with Gasteiger partial charge in [0.25, 0.3) is 0 Å². The minimum absolute atomic E-state index is 0.646. The molecule has 72 valence electrons. The Morgan fingerprint density at radius 2 is 2.08 bits per heavy atom. The van der Waals surface area contributed by atoms with Gasteiger partial charge in [-0.3, -0.25) is 4.90 Å². The highest BCUT2D eigenvalue weighted by Crippen LogP contribution is 2.29. The number of nitrogens with zero attached hydrogens (tertiary/aromatic N) is 1. The first kappa shape index (κ1) is 10.0. The lowest BCUT2D eigenvalue weighted by Crippen LogP contribution is -2.41. The minimum Gasteiger partial charge on any atom is -0.329 e. The van der Waals surface area contributed by atoms with E-state index in [-0.39, 0.29) is 0 Å². The summed E-state index contributed by atoms with van der Waals surface area (Å²) in [5.41, 5.74) is 5.76. The molecule has 0 aromatic rings. The van der Waals surface area contributed by atoms with E-state index in [0.717, 1.165) is 12.6 Å². The molecule has 1 fully saturated rings. The van der Waals surface area contributed by atoms with E-state index in [1.807, 2.05) is 0 Å². The van der Waals surface area contributed by atoms with E-state index < -0.39 is 0 Å². The van der Waals surface area contributed by atoms with Gasteiger partial charge < -0.3 is 5.73 Å². The maximum Gasteiger partial charge on any atom is 0.0221 e. The van der Waals surface area contributed by atoms with Crippen molar-refractivity contribution in [1.82, 2.24) is 4.90 Å². The second kappa shape index (κ2) is 4.83. The van der Waals surface area contributed by atoms with E-state index in [1.54, 1.807) is 0 Å². The molecule has 1 aliphatic carbocycles. The average molecular weight is 170 g/mol. The molecule has 12 heavy (non-hydrogen) atoms. The Hall–Kier alpha value is -0.0800. The van der Waals surface area contributed by atoms with Gasteiger partial charge in [0.1, 0.15) is 0 Å². The molecule has 0 aromatic heterocycles. The molecule has 0 saturated heterocycles. The molecule has 2 heteroatoms. The van der Waals surface area contributed by atoms with Crippen LogP contribution in [0, 0.1) is 0 Å². The van der Waals surface area contributed by atoms with E-state index in [0.29, 0.717) is 6.04 Å². The Labute approximate surface area is 76.1 Å². The molecular formula is C10H22N2. The number of rotatable bonds is 6. The van der Waals surface area contributed by atoms with E-state index in [4.69, 9.17) is 5.73 Å². The molecule has 1 rings (SSSR count). The summed E-state index contributed by atoms with van der Waals surface area (Å²) in [6.07, 6.45) is 5.31. The molecule has 1 atom stereocenters. The van der Waals surface area contributed by atoms with Crippen LogP contribution < -0.4 is 5.73 Å². The summed E-state index contributed by atoms with van der Waals surface area (Å²) >= 11 is 0. The van der Waals surface area contributed by atoms with Crippen molar-refractivity contribution >= 4 is 0 Å². The summed E-state index contributed by atoms with van der Waals surface area (Å²) in [6, 6.07) is 1.52. The Kier molecular flexibility index (Phi) is 4.02. The van der Waals surface area contributed by atoms with Crippen LogP contribution in [0.4, 0.5) is 0 Å². The van der Waals surface area contributed by atoms with Crippen LogP contribution in [0.1, 0.15) is 39.5 Å². The zero-order valence-electron chi connectivity index (χ0n) is 8.42. The van der Waals surface area contributed by atoms with E-state index in [1.165, 1.54) is 32.2 Å². The van der Waals surface area contributed by atoms with Crippen molar-refractivity contribution in [3.05, 3.63) is 0 Å². The van der Waals surface area contributed by atoms with Gasteiger partial charge in [-0.1, -0.05) is 20.3 Å². The van der Waals surface area contributed by atoms with Gasteiger partial charge in [0.2, 0.25) is 0 Å². The molecule has 1 saturated carbocycles. The van der Waals surface area contributed by atoms with Gasteiger partial charge in [-0.25, -0.2) is 0 Å². The molecule has 0 bridgehead atoms. The van der Waals surface area contributed by atoms with Crippen LogP contribution in [0.15, 0.2) is 0 Å². The van der Waals surface area contributed by atoms with Crippen LogP contribution in [0.25, 0.3) is 0 Å². The molecule has 0 aromatic carbocycles. The van der Waals surface area contributed by atoms with Gasteiger partial charge in [0.15, 0.2) is 0 Å². The van der Waals surface area contributed by atoms with Crippen LogP contribution in [-0.4, -0.2) is 30.1 Å². The van der Waals surface area contributed by atoms with Crippen LogP contribution in [0.2, 0.25) is 0 Å². The number of hydrogen-bond acceptors (Lipinski definition) is 2. The zero-order chi connectivity index (χ0) is 8.97. The fraction of sp³-hybridized carbons (Fsp3) is 1.00. The second-order valence-corrected chi connectivity index (χ2v) is 3.74. The fourth-order valence-electron chi connectivity index (χ4n) is 1.97. The monoisotopic (exact) mass is 170 g/mol. The van der Waals surface area contributed by atoms with Crippen molar-refractivity contribution in [3.63, 3.8) is 0 Å². The first-order valence-electron chi connectivity index (χ1n) is 5.29. The summed E-state index contributed by atoms with van der Waals surface area (Å²) in [5, 5.41) is 0. The Balaban J connectivity index is 2.36. The molecule has 0 spiro atoms. The van der Waals surface area contributed by atoms with Gasteiger partial charge in [0, 0.05) is 18.6 Å². The lowest BCUT2D eigenvalue weighted by Gasteiger charge is -2.29. The van der Waals surface area contributed by atoms with Crippen molar-refractivity contribution in [1.29, 1.82) is 0 Å². The van der Waals surface area contributed by atoms with Gasteiger partial charge in [0.05, 0.1) is 0 Å². The lowest BCUT2D eigenvalue weighted by molar-refractivity contribution is 0.190. The molecule has 0 radical (unpaired) electrons. The third-order valence-electron chi connectivity index (χ3n) is 2.74. The van der Waals surface area contributed by atoms with Gasteiger partial charge in [-0.15, -0.1) is 0 Å². The van der Waals surface area contributed by atoms with Crippen LogP contribution in [0.3, 0.4) is 0 Å². The largest absolute Gasteiger partial charge is 0.329 e. The third kappa shape index (κ3) is 2.46. The predicted molar refractivity (Wildman–Crippen MR) is 53.2 cm³/mol. The highest BCUT2D eigenvalue weighted by atomic mass is 15.2. The fourth-order valence-corrected chi connectivity index (χ4v) is 1.97. The summed E-state index contributed by atoms with van der Waals surface area (Å²) in [7, 11) is 0.